The van der Waals surface area contributed by atoms with Crippen molar-refractivity contribution < 1.29 is 9.32 Å². The van der Waals surface area contributed by atoms with Crippen molar-refractivity contribution in [3.05, 3.63) is 59.5 Å². The molecule has 0 fully saturated rings. The van der Waals surface area contributed by atoms with Crippen LogP contribution in [0.25, 0.3) is 11.0 Å². The topological polar surface area (TPSA) is 59.2 Å². The average molecular weight is 293 g/mol. The van der Waals surface area contributed by atoms with Crippen LogP contribution < -0.4 is 0 Å². The molecule has 5 nitrogen and oxygen atoms in total. The molecule has 0 saturated carbocycles. The van der Waals surface area contributed by atoms with Crippen molar-refractivity contribution in [3.8, 4) is 0 Å². The van der Waals surface area contributed by atoms with Crippen LogP contribution in [0.2, 0.25) is 0 Å². The molecular weight excluding hydrogens is 278 g/mol. The van der Waals surface area contributed by atoms with Gasteiger partial charge in [0.05, 0.1) is 5.39 Å². The number of amides is 1. The summed E-state index contributed by atoms with van der Waals surface area (Å²) in [6, 6.07) is 11.9. The maximum atomic E-state index is 12.8. The Bertz CT molecular complexity index is 841. The van der Waals surface area contributed by atoms with E-state index in [1.165, 1.54) is 11.1 Å². The second-order valence-corrected chi connectivity index (χ2v) is 5.49. The lowest BCUT2D eigenvalue weighted by molar-refractivity contribution is 0.0706. The van der Waals surface area contributed by atoms with Crippen LogP contribution in [-0.4, -0.2) is 27.5 Å². The van der Waals surface area contributed by atoms with Crippen molar-refractivity contribution >= 4 is 16.9 Å². The van der Waals surface area contributed by atoms with E-state index in [0.29, 0.717) is 17.6 Å². The van der Waals surface area contributed by atoms with Gasteiger partial charge in [-0.1, -0.05) is 29.4 Å². The van der Waals surface area contributed by atoms with Crippen molar-refractivity contribution in [1.29, 1.82) is 0 Å². The minimum atomic E-state index is -0.118. The van der Waals surface area contributed by atoms with Crippen molar-refractivity contribution in [2.75, 3.05) is 6.54 Å². The fourth-order valence-corrected chi connectivity index (χ4v) is 2.96. The number of fused-ring (bicyclic) bond motifs is 2. The molecule has 3 heterocycles. The zero-order chi connectivity index (χ0) is 14.9. The molecule has 0 radical (unpaired) electrons. The van der Waals surface area contributed by atoms with E-state index in [4.69, 9.17) is 4.52 Å². The predicted octanol–water partition coefficient (Wildman–Crippen LogP) is 2.81. The third-order valence-electron chi connectivity index (χ3n) is 4.09. The lowest BCUT2D eigenvalue weighted by Crippen LogP contribution is -2.30. The van der Waals surface area contributed by atoms with E-state index in [9.17, 15) is 4.79 Å². The Morgan fingerprint density at radius 3 is 2.91 bits per heavy atom. The third-order valence-corrected chi connectivity index (χ3v) is 4.09. The van der Waals surface area contributed by atoms with Gasteiger partial charge in [-0.25, -0.2) is 4.98 Å². The number of carbonyl (C=O) groups is 1. The summed E-state index contributed by atoms with van der Waals surface area (Å²) in [6.07, 6.45) is 3.59. The highest BCUT2D eigenvalue weighted by Gasteiger charge is 2.25. The number of aryl methyl sites for hydroxylation is 1. The van der Waals surface area contributed by atoms with Gasteiger partial charge in [0.25, 0.3) is 5.91 Å². The minimum Gasteiger partial charge on any atom is -0.348 e. The van der Waals surface area contributed by atoms with E-state index in [-0.39, 0.29) is 11.7 Å². The molecule has 2 aromatic heterocycles. The van der Waals surface area contributed by atoms with E-state index in [1.807, 2.05) is 23.1 Å². The Balaban J connectivity index is 1.68. The Morgan fingerprint density at radius 1 is 1.14 bits per heavy atom. The number of aromatic nitrogens is 2. The van der Waals surface area contributed by atoms with Gasteiger partial charge in [-0.15, -0.1) is 0 Å². The van der Waals surface area contributed by atoms with Crippen LogP contribution in [0.4, 0.5) is 0 Å². The summed E-state index contributed by atoms with van der Waals surface area (Å²) in [4.78, 5) is 18.7. The van der Waals surface area contributed by atoms with Gasteiger partial charge in [0.2, 0.25) is 11.4 Å². The molecule has 1 aliphatic rings. The van der Waals surface area contributed by atoms with Crippen molar-refractivity contribution in [2.45, 2.75) is 19.4 Å². The Kier molecular flexibility index (Phi) is 3.11. The number of pyridine rings is 1. The number of nitrogens with zero attached hydrogens (tertiary/aromatic N) is 3. The summed E-state index contributed by atoms with van der Waals surface area (Å²) in [5, 5.41) is 4.54. The molecule has 3 aromatic rings. The third kappa shape index (κ3) is 2.15. The molecule has 0 aliphatic carbocycles. The summed E-state index contributed by atoms with van der Waals surface area (Å²) in [5.41, 5.74) is 3.00. The molecule has 1 aromatic carbocycles. The standard InChI is InChI=1S/C17H15N3O2/c21-17(15-14-8-3-9-18-16(14)19-22-15)20-10-4-7-12-5-1-2-6-13(12)11-20/h1-3,5-6,8-9H,4,7,10-11H2. The predicted molar refractivity (Wildman–Crippen MR) is 81.3 cm³/mol. The van der Waals surface area contributed by atoms with Gasteiger partial charge in [-0.3, -0.25) is 4.79 Å². The first-order valence-corrected chi connectivity index (χ1v) is 7.39. The molecule has 5 heteroatoms. The first kappa shape index (κ1) is 13.0. The highest BCUT2D eigenvalue weighted by molar-refractivity contribution is 6.02. The highest BCUT2D eigenvalue weighted by Crippen LogP contribution is 2.22. The maximum absolute atomic E-state index is 12.8. The van der Waals surface area contributed by atoms with Crippen LogP contribution in [0, 0.1) is 0 Å². The molecule has 1 amide bonds. The minimum absolute atomic E-state index is 0.118. The summed E-state index contributed by atoms with van der Waals surface area (Å²) < 4.78 is 5.26. The summed E-state index contributed by atoms with van der Waals surface area (Å²) in [7, 11) is 0. The molecule has 0 atom stereocenters. The number of hydrogen-bond donors (Lipinski definition) is 0. The van der Waals surface area contributed by atoms with E-state index in [0.717, 1.165) is 19.4 Å². The molecule has 0 N–H and O–H groups in total. The van der Waals surface area contributed by atoms with Crippen LogP contribution in [0.15, 0.2) is 47.1 Å². The smallest absolute Gasteiger partial charge is 0.293 e. The molecule has 0 spiro atoms. The molecule has 0 saturated heterocycles. The first-order chi connectivity index (χ1) is 10.8. The van der Waals surface area contributed by atoms with Gasteiger partial charge in [0.1, 0.15) is 0 Å². The second-order valence-electron chi connectivity index (χ2n) is 5.49. The van der Waals surface area contributed by atoms with Gasteiger partial charge in [-0.05, 0) is 36.1 Å². The quantitative estimate of drug-likeness (QED) is 0.692. The second kappa shape index (κ2) is 5.26. The van der Waals surface area contributed by atoms with Crippen LogP contribution >= 0.6 is 0 Å². The van der Waals surface area contributed by atoms with Gasteiger partial charge < -0.3 is 9.42 Å². The van der Waals surface area contributed by atoms with E-state index in [1.54, 1.807) is 12.3 Å². The zero-order valence-electron chi connectivity index (χ0n) is 12.0. The van der Waals surface area contributed by atoms with Gasteiger partial charge in [-0.2, -0.15) is 0 Å². The molecule has 22 heavy (non-hydrogen) atoms. The molecule has 4 rings (SSSR count). The van der Waals surface area contributed by atoms with E-state index < -0.39 is 0 Å². The lowest BCUT2D eigenvalue weighted by Gasteiger charge is -2.19. The summed E-state index contributed by atoms with van der Waals surface area (Å²) >= 11 is 0. The fourth-order valence-electron chi connectivity index (χ4n) is 2.96. The van der Waals surface area contributed by atoms with Gasteiger partial charge >= 0.3 is 0 Å². The summed E-state index contributed by atoms with van der Waals surface area (Å²) in [6.45, 7) is 1.33. The number of hydrogen-bond acceptors (Lipinski definition) is 4. The highest BCUT2D eigenvalue weighted by atomic mass is 16.5. The van der Waals surface area contributed by atoms with Crippen LogP contribution in [0.3, 0.4) is 0 Å². The van der Waals surface area contributed by atoms with E-state index in [2.05, 4.69) is 22.3 Å². The molecule has 110 valence electrons. The number of rotatable bonds is 1. The lowest BCUT2D eigenvalue weighted by atomic mass is 10.0. The monoisotopic (exact) mass is 293 g/mol. The Labute approximate surface area is 127 Å². The van der Waals surface area contributed by atoms with Crippen molar-refractivity contribution in [2.24, 2.45) is 0 Å². The largest absolute Gasteiger partial charge is 0.348 e. The summed E-state index contributed by atoms with van der Waals surface area (Å²) in [5.74, 6) is 0.162. The maximum Gasteiger partial charge on any atom is 0.293 e. The number of benzene rings is 1. The van der Waals surface area contributed by atoms with Crippen LogP contribution in [-0.2, 0) is 13.0 Å². The number of carbonyl (C=O) groups excluding carboxylic acids is 1. The van der Waals surface area contributed by atoms with Crippen molar-refractivity contribution in [1.82, 2.24) is 15.0 Å². The fraction of sp³-hybridized carbons (Fsp3) is 0.235. The normalized spacial score (nSPS) is 14.6. The first-order valence-electron chi connectivity index (χ1n) is 7.39. The van der Waals surface area contributed by atoms with Gasteiger partial charge in [0, 0.05) is 19.3 Å². The van der Waals surface area contributed by atoms with Gasteiger partial charge in [0.15, 0.2) is 0 Å². The van der Waals surface area contributed by atoms with Crippen molar-refractivity contribution in [3.63, 3.8) is 0 Å². The Morgan fingerprint density at radius 2 is 2.00 bits per heavy atom. The van der Waals surface area contributed by atoms with E-state index >= 15 is 0 Å². The Hall–Kier alpha value is -2.69. The zero-order valence-corrected chi connectivity index (χ0v) is 12.0. The SMILES string of the molecule is O=C(c1onc2ncccc12)N1CCCc2ccccc2C1. The molecular formula is C17H15N3O2. The molecule has 0 unspecified atom stereocenters. The average Bonchev–Trinajstić information content (AvgIpc) is 2.86. The van der Waals surface area contributed by atoms with Crippen LogP contribution in [0.5, 0.6) is 0 Å². The molecule has 1 aliphatic heterocycles. The van der Waals surface area contributed by atoms with Crippen LogP contribution in [0.1, 0.15) is 28.1 Å². The molecule has 0 bridgehead atoms.